The minimum atomic E-state index is -0.805. The third-order valence-corrected chi connectivity index (χ3v) is 2.48. The summed E-state index contributed by atoms with van der Waals surface area (Å²) >= 11 is 5.91. The van der Waals surface area contributed by atoms with Gasteiger partial charge in [0.25, 0.3) is 0 Å². The molecule has 1 aromatic rings. The Morgan fingerprint density at radius 3 is 2.71 bits per heavy atom. The highest BCUT2D eigenvalue weighted by molar-refractivity contribution is 6.32. The Labute approximate surface area is 89.1 Å². The molecule has 0 saturated carbocycles. The largest absolute Gasteiger partial charge is 0.388 e. The minimum absolute atomic E-state index is 0.116. The fourth-order valence-corrected chi connectivity index (χ4v) is 1.05. The van der Waals surface area contributed by atoms with Crippen molar-refractivity contribution in [3.63, 3.8) is 0 Å². The predicted octanol–water partition coefficient (Wildman–Crippen LogP) is 2.31. The standard InChI is InChI=1S/C10H15ClN2O/c1-7(10(2,3)14)13-9-8(11)5-4-6-12-9/h4-7,14H,1-3H3,(H,12,13). The molecule has 0 aliphatic rings. The lowest BCUT2D eigenvalue weighted by Gasteiger charge is -2.27. The zero-order valence-electron chi connectivity index (χ0n) is 8.58. The number of halogens is 1. The molecule has 0 fully saturated rings. The number of rotatable bonds is 3. The molecule has 0 aliphatic carbocycles. The molecular formula is C10H15ClN2O. The van der Waals surface area contributed by atoms with E-state index in [0.29, 0.717) is 10.8 Å². The first-order valence-electron chi connectivity index (χ1n) is 4.50. The summed E-state index contributed by atoms with van der Waals surface area (Å²) in [5, 5.41) is 13.3. The van der Waals surface area contributed by atoms with Crippen molar-refractivity contribution in [1.29, 1.82) is 0 Å². The fourth-order valence-electron chi connectivity index (χ4n) is 0.874. The van der Waals surface area contributed by atoms with Gasteiger partial charge in [0.05, 0.1) is 16.7 Å². The molecule has 14 heavy (non-hydrogen) atoms. The Morgan fingerprint density at radius 1 is 1.57 bits per heavy atom. The summed E-state index contributed by atoms with van der Waals surface area (Å²) in [5.74, 6) is 0.601. The van der Waals surface area contributed by atoms with Crippen molar-refractivity contribution in [2.24, 2.45) is 0 Å². The Kier molecular flexibility index (Phi) is 3.34. The summed E-state index contributed by atoms with van der Waals surface area (Å²) < 4.78 is 0. The van der Waals surface area contributed by atoms with Crippen LogP contribution in [0.4, 0.5) is 5.82 Å². The van der Waals surface area contributed by atoms with Crippen molar-refractivity contribution >= 4 is 17.4 Å². The molecule has 1 aromatic heterocycles. The number of aromatic nitrogens is 1. The summed E-state index contributed by atoms with van der Waals surface area (Å²) in [6.07, 6.45) is 1.66. The first-order valence-corrected chi connectivity index (χ1v) is 4.88. The third-order valence-electron chi connectivity index (χ3n) is 2.17. The topological polar surface area (TPSA) is 45.2 Å². The first-order chi connectivity index (χ1) is 6.41. The van der Waals surface area contributed by atoms with E-state index < -0.39 is 5.60 Å². The zero-order valence-corrected chi connectivity index (χ0v) is 9.34. The van der Waals surface area contributed by atoms with Crippen LogP contribution >= 0.6 is 11.6 Å². The summed E-state index contributed by atoms with van der Waals surface area (Å²) in [5.41, 5.74) is -0.805. The van der Waals surface area contributed by atoms with Crippen LogP contribution in [0.25, 0.3) is 0 Å². The van der Waals surface area contributed by atoms with Crippen LogP contribution in [0.3, 0.4) is 0 Å². The quantitative estimate of drug-likeness (QED) is 0.812. The maximum atomic E-state index is 9.71. The van der Waals surface area contributed by atoms with Crippen LogP contribution in [0.5, 0.6) is 0 Å². The fraction of sp³-hybridized carbons (Fsp3) is 0.500. The van der Waals surface area contributed by atoms with Crippen molar-refractivity contribution < 1.29 is 5.11 Å². The van der Waals surface area contributed by atoms with Gasteiger partial charge in [0.15, 0.2) is 0 Å². The van der Waals surface area contributed by atoms with Crippen LogP contribution in [-0.2, 0) is 0 Å². The van der Waals surface area contributed by atoms with Crippen molar-refractivity contribution in [2.45, 2.75) is 32.4 Å². The lowest BCUT2D eigenvalue weighted by molar-refractivity contribution is 0.0648. The van der Waals surface area contributed by atoms with Gasteiger partial charge in [-0.1, -0.05) is 11.6 Å². The van der Waals surface area contributed by atoms with Crippen LogP contribution < -0.4 is 5.32 Å². The van der Waals surface area contributed by atoms with Crippen LogP contribution in [0.2, 0.25) is 5.02 Å². The lowest BCUT2D eigenvalue weighted by Crippen LogP contribution is -2.39. The smallest absolute Gasteiger partial charge is 0.145 e. The molecule has 78 valence electrons. The van der Waals surface area contributed by atoms with Gasteiger partial charge in [-0.05, 0) is 32.9 Å². The van der Waals surface area contributed by atoms with E-state index in [1.54, 1.807) is 32.2 Å². The lowest BCUT2D eigenvalue weighted by atomic mass is 10.0. The Hall–Kier alpha value is -0.800. The number of hydrogen-bond acceptors (Lipinski definition) is 3. The van der Waals surface area contributed by atoms with Crippen molar-refractivity contribution in [1.82, 2.24) is 4.98 Å². The molecule has 1 rings (SSSR count). The van der Waals surface area contributed by atoms with Gasteiger partial charge >= 0.3 is 0 Å². The Balaban J connectivity index is 2.75. The van der Waals surface area contributed by atoms with E-state index >= 15 is 0 Å². The molecule has 4 heteroatoms. The average Bonchev–Trinajstić information content (AvgIpc) is 2.07. The van der Waals surface area contributed by atoms with Gasteiger partial charge in [0, 0.05) is 6.20 Å². The molecule has 1 heterocycles. The molecule has 0 bridgehead atoms. The number of nitrogens with one attached hydrogen (secondary N) is 1. The highest BCUT2D eigenvalue weighted by Gasteiger charge is 2.22. The normalized spacial score (nSPS) is 13.8. The first kappa shape index (κ1) is 11.3. The van der Waals surface area contributed by atoms with Gasteiger partial charge < -0.3 is 10.4 Å². The molecule has 0 spiro atoms. The maximum Gasteiger partial charge on any atom is 0.145 e. The zero-order chi connectivity index (χ0) is 10.8. The van der Waals surface area contributed by atoms with Crippen LogP contribution in [0.1, 0.15) is 20.8 Å². The second-order valence-corrected chi connectivity index (χ2v) is 4.26. The second-order valence-electron chi connectivity index (χ2n) is 3.85. The number of nitrogens with zero attached hydrogens (tertiary/aromatic N) is 1. The Morgan fingerprint density at radius 2 is 2.21 bits per heavy atom. The molecule has 0 saturated heterocycles. The molecule has 1 atom stereocenters. The molecular weight excluding hydrogens is 200 g/mol. The van der Waals surface area contributed by atoms with Gasteiger partial charge in [-0.25, -0.2) is 4.98 Å². The van der Waals surface area contributed by atoms with Crippen LogP contribution in [0.15, 0.2) is 18.3 Å². The monoisotopic (exact) mass is 214 g/mol. The minimum Gasteiger partial charge on any atom is -0.388 e. The second kappa shape index (κ2) is 4.15. The van der Waals surface area contributed by atoms with Gasteiger partial charge in [-0.15, -0.1) is 0 Å². The molecule has 0 aromatic carbocycles. The molecule has 0 aliphatic heterocycles. The maximum absolute atomic E-state index is 9.71. The van der Waals surface area contributed by atoms with E-state index in [1.807, 2.05) is 6.92 Å². The van der Waals surface area contributed by atoms with Crippen molar-refractivity contribution in [3.8, 4) is 0 Å². The number of aliphatic hydroxyl groups is 1. The summed E-state index contributed by atoms with van der Waals surface area (Å²) in [4.78, 5) is 4.08. The van der Waals surface area contributed by atoms with Gasteiger partial charge in [-0.2, -0.15) is 0 Å². The van der Waals surface area contributed by atoms with Crippen LogP contribution in [0, 0.1) is 0 Å². The van der Waals surface area contributed by atoms with E-state index in [0.717, 1.165) is 0 Å². The van der Waals surface area contributed by atoms with E-state index in [1.165, 1.54) is 0 Å². The number of hydrogen-bond donors (Lipinski definition) is 2. The van der Waals surface area contributed by atoms with E-state index in [9.17, 15) is 5.11 Å². The molecule has 1 unspecified atom stereocenters. The summed E-state index contributed by atoms with van der Waals surface area (Å²) in [6, 6.07) is 3.41. The highest BCUT2D eigenvalue weighted by atomic mass is 35.5. The van der Waals surface area contributed by atoms with Crippen molar-refractivity contribution in [3.05, 3.63) is 23.4 Å². The molecule has 2 N–H and O–H groups in total. The highest BCUT2D eigenvalue weighted by Crippen LogP contribution is 2.20. The summed E-state index contributed by atoms with van der Waals surface area (Å²) in [6.45, 7) is 5.36. The van der Waals surface area contributed by atoms with Crippen LogP contribution in [-0.4, -0.2) is 21.7 Å². The molecule has 0 amide bonds. The number of anilines is 1. The average molecular weight is 215 g/mol. The predicted molar refractivity (Wildman–Crippen MR) is 58.6 cm³/mol. The van der Waals surface area contributed by atoms with Gasteiger partial charge in [-0.3, -0.25) is 0 Å². The van der Waals surface area contributed by atoms with E-state index in [2.05, 4.69) is 10.3 Å². The van der Waals surface area contributed by atoms with Crippen molar-refractivity contribution in [2.75, 3.05) is 5.32 Å². The number of pyridine rings is 1. The third kappa shape index (κ3) is 2.86. The van der Waals surface area contributed by atoms with Gasteiger partial charge in [0.2, 0.25) is 0 Å². The molecule has 3 nitrogen and oxygen atoms in total. The van der Waals surface area contributed by atoms with E-state index in [-0.39, 0.29) is 6.04 Å². The van der Waals surface area contributed by atoms with E-state index in [4.69, 9.17) is 11.6 Å². The van der Waals surface area contributed by atoms with Gasteiger partial charge in [0.1, 0.15) is 5.82 Å². The summed E-state index contributed by atoms with van der Waals surface area (Å²) in [7, 11) is 0. The molecule has 0 radical (unpaired) electrons. The SMILES string of the molecule is CC(Nc1ncccc1Cl)C(C)(C)O. The Bertz CT molecular complexity index is 309.